The fraction of sp³-hybridized carbons (Fsp3) is 0.364. The molecular weight excluding hydrogens is 195 g/mol. The second-order valence-corrected chi connectivity index (χ2v) is 3.42. The largest absolute Gasteiger partial charge is 0.335 e. The van der Waals surface area contributed by atoms with Gasteiger partial charge in [0, 0.05) is 11.7 Å². The molecule has 0 saturated carbocycles. The van der Waals surface area contributed by atoms with E-state index in [0.717, 1.165) is 6.42 Å². The lowest BCUT2D eigenvalue weighted by atomic mass is 10.3. The van der Waals surface area contributed by atoms with Crippen molar-refractivity contribution >= 4 is 11.7 Å². The Bertz CT molecular complexity index is 341. The van der Waals surface area contributed by atoms with Crippen LogP contribution >= 0.6 is 0 Å². The summed E-state index contributed by atoms with van der Waals surface area (Å²) >= 11 is 0. The summed E-state index contributed by atoms with van der Waals surface area (Å²) in [7, 11) is 0. The van der Waals surface area contributed by atoms with Crippen LogP contribution in [0.4, 0.5) is 14.9 Å². The molecule has 0 spiro atoms. The number of carbonyl (C=O) groups excluding carboxylic acids is 1. The van der Waals surface area contributed by atoms with Crippen LogP contribution in [-0.4, -0.2) is 12.1 Å². The highest BCUT2D eigenvalue weighted by atomic mass is 19.1. The van der Waals surface area contributed by atoms with Gasteiger partial charge in [-0.1, -0.05) is 13.0 Å². The van der Waals surface area contributed by atoms with Gasteiger partial charge >= 0.3 is 6.03 Å². The lowest BCUT2D eigenvalue weighted by Gasteiger charge is -2.12. The van der Waals surface area contributed by atoms with Gasteiger partial charge in [-0.3, -0.25) is 0 Å². The van der Waals surface area contributed by atoms with E-state index in [2.05, 4.69) is 10.6 Å². The Morgan fingerprint density at radius 1 is 1.53 bits per heavy atom. The van der Waals surface area contributed by atoms with Crippen LogP contribution in [0.1, 0.15) is 20.3 Å². The molecule has 0 bridgehead atoms. The van der Waals surface area contributed by atoms with Crippen LogP contribution in [0.15, 0.2) is 24.3 Å². The van der Waals surface area contributed by atoms with Crippen molar-refractivity contribution < 1.29 is 9.18 Å². The van der Waals surface area contributed by atoms with Gasteiger partial charge in [0.25, 0.3) is 0 Å². The second kappa shape index (κ2) is 5.34. The van der Waals surface area contributed by atoms with Crippen molar-refractivity contribution in [3.8, 4) is 0 Å². The molecule has 1 atom stereocenters. The van der Waals surface area contributed by atoms with Crippen LogP contribution < -0.4 is 10.6 Å². The molecule has 1 rings (SSSR count). The first-order chi connectivity index (χ1) is 7.11. The number of benzene rings is 1. The maximum absolute atomic E-state index is 12.8. The fourth-order valence-corrected chi connectivity index (χ4v) is 1.06. The molecule has 0 radical (unpaired) electrons. The summed E-state index contributed by atoms with van der Waals surface area (Å²) in [5.74, 6) is -0.365. The van der Waals surface area contributed by atoms with Crippen molar-refractivity contribution in [2.45, 2.75) is 26.3 Å². The number of halogens is 1. The summed E-state index contributed by atoms with van der Waals surface area (Å²) in [5, 5.41) is 5.28. The molecule has 2 N–H and O–H groups in total. The van der Waals surface area contributed by atoms with Crippen LogP contribution in [0.3, 0.4) is 0 Å². The van der Waals surface area contributed by atoms with E-state index in [4.69, 9.17) is 0 Å². The predicted octanol–water partition coefficient (Wildman–Crippen LogP) is 2.75. The Balaban J connectivity index is 2.51. The number of hydrogen-bond donors (Lipinski definition) is 2. The van der Waals surface area contributed by atoms with Crippen LogP contribution in [0, 0.1) is 5.82 Å². The number of nitrogens with one attached hydrogen (secondary N) is 2. The lowest BCUT2D eigenvalue weighted by molar-refractivity contribution is 0.249. The van der Waals surface area contributed by atoms with Crippen LogP contribution in [0.25, 0.3) is 0 Å². The van der Waals surface area contributed by atoms with Gasteiger partial charge in [-0.15, -0.1) is 0 Å². The van der Waals surface area contributed by atoms with E-state index in [0.29, 0.717) is 5.69 Å². The van der Waals surface area contributed by atoms with Crippen LogP contribution in [0.2, 0.25) is 0 Å². The number of urea groups is 1. The van der Waals surface area contributed by atoms with E-state index >= 15 is 0 Å². The minimum absolute atomic E-state index is 0.110. The zero-order valence-corrected chi connectivity index (χ0v) is 8.88. The molecule has 82 valence electrons. The third-order valence-electron chi connectivity index (χ3n) is 2.07. The summed E-state index contributed by atoms with van der Waals surface area (Å²) < 4.78 is 12.8. The van der Waals surface area contributed by atoms with E-state index in [1.165, 1.54) is 12.1 Å². The summed E-state index contributed by atoms with van der Waals surface area (Å²) in [6.07, 6.45) is 0.858. The molecule has 0 fully saturated rings. The number of amides is 2. The van der Waals surface area contributed by atoms with Gasteiger partial charge in [-0.25, -0.2) is 9.18 Å². The second-order valence-electron chi connectivity index (χ2n) is 3.42. The zero-order valence-electron chi connectivity index (χ0n) is 8.88. The van der Waals surface area contributed by atoms with Gasteiger partial charge < -0.3 is 10.6 Å². The van der Waals surface area contributed by atoms with E-state index in [1.54, 1.807) is 12.1 Å². The molecular formula is C11H15FN2O. The number of carbonyl (C=O) groups is 1. The average molecular weight is 210 g/mol. The van der Waals surface area contributed by atoms with Crippen molar-refractivity contribution in [3.63, 3.8) is 0 Å². The smallest absolute Gasteiger partial charge is 0.319 e. The van der Waals surface area contributed by atoms with Crippen LogP contribution in [0.5, 0.6) is 0 Å². The molecule has 1 aromatic carbocycles. The minimum Gasteiger partial charge on any atom is -0.335 e. The van der Waals surface area contributed by atoms with Crippen molar-refractivity contribution in [3.05, 3.63) is 30.1 Å². The van der Waals surface area contributed by atoms with Gasteiger partial charge in [0.2, 0.25) is 0 Å². The van der Waals surface area contributed by atoms with Gasteiger partial charge in [0.15, 0.2) is 0 Å². The molecule has 4 heteroatoms. The molecule has 15 heavy (non-hydrogen) atoms. The van der Waals surface area contributed by atoms with Gasteiger partial charge in [-0.2, -0.15) is 0 Å². The molecule has 0 aliphatic rings. The Kier molecular flexibility index (Phi) is 4.09. The standard InChI is InChI=1S/C11H15FN2O/c1-3-8(2)13-11(15)14-10-6-4-5-9(12)7-10/h4-8H,3H2,1-2H3,(H2,13,14,15)/t8-/m1/s1. The normalized spacial score (nSPS) is 11.9. The summed E-state index contributed by atoms with van der Waals surface area (Å²) in [6.45, 7) is 3.89. The SMILES string of the molecule is CC[C@@H](C)NC(=O)Nc1cccc(F)c1. The highest BCUT2D eigenvalue weighted by Crippen LogP contribution is 2.08. The number of hydrogen-bond acceptors (Lipinski definition) is 1. The van der Waals surface area contributed by atoms with Crippen molar-refractivity contribution in [1.29, 1.82) is 0 Å². The first-order valence-electron chi connectivity index (χ1n) is 4.95. The van der Waals surface area contributed by atoms with Gasteiger partial charge in [0.05, 0.1) is 0 Å². The molecule has 0 aliphatic heterocycles. The molecule has 0 heterocycles. The number of rotatable bonds is 3. The molecule has 0 aliphatic carbocycles. The Hall–Kier alpha value is -1.58. The molecule has 2 amide bonds. The average Bonchev–Trinajstić information content (AvgIpc) is 2.17. The van der Waals surface area contributed by atoms with Crippen molar-refractivity contribution in [2.24, 2.45) is 0 Å². The zero-order chi connectivity index (χ0) is 11.3. The summed E-state index contributed by atoms with van der Waals surface area (Å²) in [5.41, 5.74) is 0.454. The summed E-state index contributed by atoms with van der Waals surface area (Å²) in [6, 6.07) is 5.59. The number of anilines is 1. The Morgan fingerprint density at radius 2 is 2.27 bits per heavy atom. The van der Waals surface area contributed by atoms with Crippen LogP contribution in [-0.2, 0) is 0 Å². The van der Waals surface area contributed by atoms with E-state index in [9.17, 15) is 9.18 Å². The molecule has 3 nitrogen and oxygen atoms in total. The van der Waals surface area contributed by atoms with Gasteiger partial charge in [0.1, 0.15) is 5.82 Å². The monoisotopic (exact) mass is 210 g/mol. The summed E-state index contributed by atoms with van der Waals surface area (Å²) in [4.78, 5) is 11.3. The maximum atomic E-state index is 12.8. The minimum atomic E-state index is -0.365. The first kappa shape index (κ1) is 11.5. The van der Waals surface area contributed by atoms with E-state index in [-0.39, 0.29) is 17.9 Å². The van der Waals surface area contributed by atoms with E-state index in [1.807, 2.05) is 13.8 Å². The highest BCUT2D eigenvalue weighted by molar-refractivity contribution is 5.89. The molecule has 0 unspecified atom stereocenters. The first-order valence-corrected chi connectivity index (χ1v) is 4.95. The topological polar surface area (TPSA) is 41.1 Å². The quantitative estimate of drug-likeness (QED) is 0.791. The third-order valence-corrected chi connectivity index (χ3v) is 2.07. The van der Waals surface area contributed by atoms with Crippen molar-refractivity contribution in [2.75, 3.05) is 5.32 Å². The van der Waals surface area contributed by atoms with Gasteiger partial charge in [-0.05, 0) is 31.5 Å². The molecule has 0 saturated heterocycles. The fourth-order valence-electron chi connectivity index (χ4n) is 1.06. The Labute approximate surface area is 88.7 Å². The molecule has 0 aromatic heterocycles. The highest BCUT2D eigenvalue weighted by Gasteiger charge is 2.05. The van der Waals surface area contributed by atoms with Crippen molar-refractivity contribution in [1.82, 2.24) is 5.32 Å². The molecule has 1 aromatic rings. The lowest BCUT2D eigenvalue weighted by Crippen LogP contribution is -2.35. The van der Waals surface area contributed by atoms with E-state index < -0.39 is 0 Å². The maximum Gasteiger partial charge on any atom is 0.319 e. The Morgan fingerprint density at radius 3 is 2.87 bits per heavy atom. The predicted molar refractivity (Wildman–Crippen MR) is 58.3 cm³/mol. The third kappa shape index (κ3) is 3.97.